The number of rotatable bonds is 3. The number of nitrogens with two attached hydrogens (primary N) is 1. The number of hydrogen-bond acceptors (Lipinski definition) is 4. The van der Waals surface area contributed by atoms with Crippen LogP contribution >= 0.6 is 11.6 Å². The van der Waals surface area contributed by atoms with Gasteiger partial charge in [0, 0.05) is 11.4 Å². The molecule has 102 valence electrons. The lowest BCUT2D eigenvalue weighted by Gasteiger charge is -2.10. The van der Waals surface area contributed by atoms with E-state index >= 15 is 0 Å². The average molecular weight is 308 g/mol. The SMILES string of the molecule is N#Cc1ccc(NS(=O)(=O)c2cc(N)ccc2Cl)cc1. The fourth-order valence-electron chi connectivity index (χ4n) is 1.55. The second-order valence-electron chi connectivity index (χ2n) is 3.98. The van der Waals surface area contributed by atoms with Gasteiger partial charge in [0.25, 0.3) is 10.0 Å². The molecule has 0 aliphatic carbocycles. The summed E-state index contributed by atoms with van der Waals surface area (Å²) in [5, 5.41) is 8.77. The largest absolute Gasteiger partial charge is 0.399 e. The molecule has 0 aliphatic heterocycles. The van der Waals surface area contributed by atoms with Crippen molar-refractivity contribution in [1.82, 2.24) is 0 Å². The van der Waals surface area contributed by atoms with Crippen LogP contribution in [0, 0.1) is 11.3 Å². The van der Waals surface area contributed by atoms with E-state index in [1.54, 1.807) is 0 Å². The zero-order valence-electron chi connectivity index (χ0n) is 10.2. The van der Waals surface area contributed by atoms with E-state index in [0.717, 1.165) is 0 Å². The van der Waals surface area contributed by atoms with Gasteiger partial charge in [-0.2, -0.15) is 5.26 Å². The topological polar surface area (TPSA) is 96.0 Å². The second kappa shape index (κ2) is 5.41. The molecule has 0 radical (unpaired) electrons. The van der Waals surface area contributed by atoms with Crippen LogP contribution in [0.5, 0.6) is 0 Å². The molecule has 2 aromatic rings. The molecular weight excluding hydrogens is 298 g/mol. The summed E-state index contributed by atoms with van der Waals surface area (Å²) in [6, 6.07) is 12.2. The van der Waals surface area contributed by atoms with E-state index in [2.05, 4.69) is 4.72 Å². The fraction of sp³-hybridized carbons (Fsp3) is 0. The zero-order valence-corrected chi connectivity index (χ0v) is 11.7. The molecule has 0 aromatic heterocycles. The molecule has 0 heterocycles. The third-order valence-corrected chi connectivity index (χ3v) is 4.37. The Hall–Kier alpha value is -2.23. The van der Waals surface area contributed by atoms with Crippen LogP contribution in [0.1, 0.15) is 5.56 Å². The maximum Gasteiger partial charge on any atom is 0.263 e. The summed E-state index contributed by atoms with van der Waals surface area (Å²) in [4.78, 5) is -0.0940. The number of hydrogen-bond donors (Lipinski definition) is 2. The van der Waals surface area contributed by atoms with E-state index in [-0.39, 0.29) is 9.92 Å². The van der Waals surface area contributed by atoms with Crippen molar-refractivity contribution in [3.8, 4) is 6.07 Å². The second-order valence-corrected chi connectivity index (χ2v) is 6.04. The number of nitrogen functional groups attached to an aromatic ring is 1. The Kier molecular flexibility index (Phi) is 3.84. The first-order valence-electron chi connectivity index (χ1n) is 5.50. The Bertz CT molecular complexity index is 780. The summed E-state index contributed by atoms with van der Waals surface area (Å²) in [6.07, 6.45) is 0. The zero-order chi connectivity index (χ0) is 14.8. The minimum atomic E-state index is -3.83. The van der Waals surface area contributed by atoms with E-state index in [1.807, 2.05) is 6.07 Å². The Morgan fingerprint density at radius 2 is 1.80 bits per heavy atom. The molecule has 0 fully saturated rings. The van der Waals surface area contributed by atoms with E-state index in [4.69, 9.17) is 22.6 Å². The van der Waals surface area contributed by atoms with Crippen molar-refractivity contribution in [3.63, 3.8) is 0 Å². The summed E-state index contributed by atoms with van der Waals surface area (Å²) in [5.41, 5.74) is 6.64. The van der Waals surface area contributed by atoms with E-state index in [0.29, 0.717) is 16.9 Å². The average Bonchev–Trinajstić information content (AvgIpc) is 2.42. The van der Waals surface area contributed by atoms with Gasteiger partial charge in [-0.05, 0) is 42.5 Å². The maximum atomic E-state index is 12.2. The Morgan fingerprint density at radius 1 is 1.15 bits per heavy atom. The van der Waals surface area contributed by atoms with Gasteiger partial charge in [0.05, 0.1) is 16.7 Å². The highest BCUT2D eigenvalue weighted by molar-refractivity contribution is 7.92. The van der Waals surface area contributed by atoms with Crippen molar-refractivity contribution in [2.24, 2.45) is 0 Å². The van der Waals surface area contributed by atoms with Crippen LogP contribution in [-0.2, 0) is 10.0 Å². The summed E-state index contributed by atoms with van der Waals surface area (Å²) in [5.74, 6) is 0. The van der Waals surface area contributed by atoms with Crippen LogP contribution in [0.25, 0.3) is 0 Å². The van der Waals surface area contributed by atoms with Gasteiger partial charge in [-0.1, -0.05) is 11.6 Å². The van der Waals surface area contributed by atoms with Gasteiger partial charge in [0.2, 0.25) is 0 Å². The van der Waals surface area contributed by atoms with Gasteiger partial charge < -0.3 is 5.73 Å². The molecular formula is C13H10ClN3O2S. The van der Waals surface area contributed by atoms with Crippen molar-refractivity contribution in [2.75, 3.05) is 10.5 Å². The molecule has 5 nitrogen and oxygen atoms in total. The van der Waals surface area contributed by atoms with E-state index < -0.39 is 10.0 Å². The van der Waals surface area contributed by atoms with Gasteiger partial charge in [-0.15, -0.1) is 0 Å². The Morgan fingerprint density at radius 3 is 2.40 bits per heavy atom. The monoisotopic (exact) mass is 307 g/mol. The highest BCUT2D eigenvalue weighted by Gasteiger charge is 2.18. The van der Waals surface area contributed by atoms with Crippen molar-refractivity contribution in [3.05, 3.63) is 53.1 Å². The number of nitrogens with zero attached hydrogens (tertiary/aromatic N) is 1. The Labute approximate surface area is 121 Å². The number of benzene rings is 2. The van der Waals surface area contributed by atoms with Crippen LogP contribution in [0.15, 0.2) is 47.4 Å². The van der Waals surface area contributed by atoms with Crippen molar-refractivity contribution in [1.29, 1.82) is 5.26 Å². The maximum absolute atomic E-state index is 12.2. The van der Waals surface area contributed by atoms with E-state index in [1.165, 1.54) is 42.5 Å². The molecule has 0 aliphatic rings. The third kappa shape index (κ3) is 3.02. The lowest BCUT2D eigenvalue weighted by Crippen LogP contribution is -2.13. The normalized spacial score (nSPS) is 10.8. The van der Waals surface area contributed by atoms with Crippen molar-refractivity contribution >= 4 is 33.0 Å². The standard InChI is InChI=1S/C13H10ClN3O2S/c14-12-6-3-10(16)7-13(12)20(18,19)17-11-4-1-9(8-15)2-5-11/h1-7,17H,16H2. The molecule has 3 N–H and O–H groups in total. The van der Waals surface area contributed by atoms with Crippen LogP contribution < -0.4 is 10.5 Å². The molecule has 2 aromatic carbocycles. The number of halogens is 1. The predicted molar refractivity (Wildman–Crippen MR) is 77.8 cm³/mol. The number of nitriles is 1. The Balaban J connectivity index is 2.35. The molecule has 0 saturated carbocycles. The third-order valence-electron chi connectivity index (χ3n) is 2.51. The van der Waals surface area contributed by atoms with Crippen molar-refractivity contribution < 1.29 is 8.42 Å². The molecule has 20 heavy (non-hydrogen) atoms. The molecule has 0 bridgehead atoms. The summed E-state index contributed by atoms with van der Waals surface area (Å²) in [7, 11) is -3.83. The molecule has 0 amide bonds. The molecule has 0 atom stereocenters. The van der Waals surface area contributed by atoms with Gasteiger partial charge in [-0.25, -0.2) is 8.42 Å². The first-order chi connectivity index (χ1) is 9.42. The molecule has 0 unspecified atom stereocenters. The predicted octanol–water partition coefficient (Wildman–Crippen LogP) is 2.59. The van der Waals surface area contributed by atoms with Crippen LogP contribution in [0.4, 0.5) is 11.4 Å². The van der Waals surface area contributed by atoms with E-state index in [9.17, 15) is 8.42 Å². The van der Waals surface area contributed by atoms with Gasteiger partial charge >= 0.3 is 0 Å². The lowest BCUT2D eigenvalue weighted by molar-refractivity contribution is 0.601. The minimum Gasteiger partial charge on any atom is -0.399 e. The van der Waals surface area contributed by atoms with Gasteiger partial charge in [0.15, 0.2) is 0 Å². The number of nitrogens with one attached hydrogen (secondary N) is 1. The minimum absolute atomic E-state index is 0.0837. The molecule has 2 rings (SSSR count). The van der Waals surface area contributed by atoms with Gasteiger partial charge in [0.1, 0.15) is 4.90 Å². The summed E-state index contributed by atoms with van der Waals surface area (Å²) in [6.45, 7) is 0. The smallest absolute Gasteiger partial charge is 0.263 e. The molecule has 7 heteroatoms. The van der Waals surface area contributed by atoms with Crippen molar-refractivity contribution in [2.45, 2.75) is 4.90 Å². The number of sulfonamides is 1. The highest BCUT2D eigenvalue weighted by atomic mass is 35.5. The quantitative estimate of drug-likeness (QED) is 0.852. The summed E-state index contributed by atoms with van der Waals surface area (Å²) >= 11 is 5.88. The fourth-order valence-corrected chi connectivity index (χ4v) is 3.14. The highest BCUT2D eigenvalue weighted by Crippen LogP contribution is 2.25. The summed E-state index contributed by atoms with van der Waals surface area (Å²) < 4.78 is 26.8. The first-order valence-corrected chi connectivity index (χ1v) is 7.36. The molecule has 0 spiro atoms. The molecule has 0 saturated heterocycles. The van der Waals surface area contributed by atoms with Crippen LogP contribution in [0.2, 0.25) is 5.02 Å². The first kappa shape index (κ1) is 14.2. The van der Waals surface area contributed by atoms with Crippen LogP contribution in [0.3, 0.4) is 0 Å². The van der Waals surface area contributed by atoms with Gasteiger partial charge in [-0.3, -0.25) is 4.72 Å². The van der Waals surface area contributed by atoms with Crippen LogP contribution in [-0.4, -0.2) is 8.42 Å². The lowest BCUT2D eigenvalue weighted by atomic mass is 10.2. The number of anilines is 2.